The van der Waals surface area contributed by atoms with Crippen LogP contribution in [0.4, 0.5) is 9.59 Å². The quantitative estimate of drug-likeness (QED) is 0.181. The summed E-state index contributed by atoms with van der Waals surface area (Å²) in [4.78, 5) is 59.9. The van der Waals surface area contributed by atoms with Crippen molar-refractivity contribution >= 4 is 92.3 Å². The molecule has 3 aliphatic heterocycles. The number of ether oxygens (including phenoxy) is 2. The molecular formula is C45H57Cl4N5O7. The van der Waals surface area contributed by atoms with E-state index < -0.39 is 11.6 Å². The average Bonchev–Trinajstić information content (AvgIpc) is 3.98. The van der Waals surface area contributed by atoms with Crippen LogP contribution in [0, 0.1) is 5.41 Å². The van der Waals surface area contributed by atoms with Crippen molar-refractivity contribution in [2.45, 2.75) is 122 Å². The Labute approximate surface area is 377 Å². The Morgan fingerprint density at radius 3 is 1.49 bits per heavy atom. The molecule has 16 heteroatoms. The van der Waals surface area contributed by atoms with Gasteiger partial charge in [-0.2, -0.15) is 0 Å². The van der Waals surface area contributed by atoms with E-state index in [-0.39, 0.29) is 34.9 Å². The minimum atomic E-state index is -1.02. The smallest absolute Gasteiger partial charge is 0.410 e. The molecule has 0 atom stereocenters. The molecule has 332 valence electrons. The Kier molecular flexibility index (Phi) is 14.1. The van der Waals surface area contributed by atoms with Crippen molar-refractivity contribution in [1.82, 2.24) is 24.7 Å². The number of carbonyl (C=O) groups excluding carboxylic acids is 3. The fourth-order valence-corrected chi connectivity index (χ4v) is 10.1. The fraction of sp³-hybridized carbons (Fsp3) is 0.556. The SMILES string of the molecule is CC(C)(C)OC(=O)N1CCC2(CCCC2)CC1.CC(C)(C)OC(=O)N1CCC2(CCCN2C(=O)c2cc3c(Cl)cc(Cl)cc3[nH]2)CC1.O=C(O)c1cc2c(Cl)cc(Cl)cc2[nH]1. The van der Waals surface area contributed by atoms with Gasteiger partial charge in [-0.1, -0.05) is 59.2 Å². The molecule has 8 rings (SSSR count). The van der Waals surface area contributed by atoms with E-state index in [1.807, 2.05) is 51.3 Å². The van der Waals surface area contributed by atoms with Crippen LogP contribution in [0.25, 0.3) is 21.8 Å². The molecule has 2 spiro atoms. The van der Waals surface area contributed by atoms with Crippen LogP contribution in [0.1, 0.15) is 127 Å². The highest BCUT2D eigenvalue weighted by molar-refractivity contribution is 6.39. The van der Waals surface area contributed by atoms with E-state index in [9.17, 15) is 19.2 Å². The maximum absolute atomic E-state index is 13.4. The van der Waals surface area contributed by atoms with Gasteiger partial charge in [0.15, 0.2) is 0 Å². The van der Waals surface area contributed by atoms with Gasteiger partial charge < -0.3 is 39.2 Å². The van der Waals surface area contributed by atoms with Crippen LogP contribution in [-0.4, -0.2) is 103 Å². The lowest BCUT2D eigenvalue weighted by molar-refractivity contribution is 0.00427. The molecule has 12 nitrogen and oxygen atoms in total. The van der Waals surface area contributed by atoms with Crippen LogP contribution in [0.5, 0.6) is 0 Å². The second kappa shape index (κ2) is 18.5. The van der Waals surface area contributed by atoms with E-state index in [1.165, 1.54) is 44.6 Å². The van der Waals surface area contributed by atoms with Crippen molar-refractivity contribution in [2.75, 3.05) is 32.7 Å². The summed E-state index contributed by atoms with van der Waals surface area (Å²) in [7, 11) is 0. The summed E-state index contributed by atoms with van der Waals surface area (Å²) in [6.07, 6.45) is 10.9. The predicted octanol–water partition coefficient (Wildman–Crippen LogP) is 12.2. The third-order valence-corrected chi connectivity index (χ3v) is 13.2. The zero-order valence-electron chi connectivity index (χ0n) is 35.8. The van der Waals surface area contributed by atoms with Crippen molar-refractivity contribution in [1.29, 1.82) is 0 Å². The molecule has 0 bridgehead atoms. The number of rotatable bonds is 2. The minimum Gasteiger partial charge on any atom is -0.477 e. The first-order valence-corrected chi connectivity index (χ1v) is 22.5. The van der Waals surface area contributed by atoms with Crippen molar-refractivity contribution in [3.05, 3.63) is 67.9 Å². The second-order valence-electron chi connectivity index (χ2n) is 18.8. The summed E-state index contributed by atoms with van der Waals surface area (Å²) in [5.41, 5.74) is 1.46. The monoisotopic (exact) mass is 919 g/mol. The summed E-state index contributed by atoms with van der Waals surface area (Å²) in [5.74, 6) is -1.05. The number of hydrogen-bond acceptors (Lipinski definition) is 6. The molecular weight excluding hydrogens is 864 g/mol. The first kappa shape index (κ1) is 46.7. The molecule has 3 N–H and O–H groups in total. The standard InChI is InChI=1S/C22H27Cl2N3O3.C14H25NO2.C9H5Cl2NO2/c1-21(2,3)30-20(29)26-9-6-22(7-10-26)5-4-8-27(22)19(28)18-13-15-16(24)11-14(23)12-17(15)25-18;1-13(2,3)17-12(16)15-10-8-14(9-11-15)6-4-5-7-14;10-4-1-6(11)5-3-8(9(13)14)12-7(5)2-4/h11-13,25H,4-10H2,1-3H3;4-11H2,1-3H3;1-3,12H,(H,13,14). The molecule has 4 aromatic rings. The van der Waals surface area contributed by atoms with Crippen LogP contribution in [-0.2, 0) is 9.47 Å². The Hall–Kier alpha value is -3.84. The van der Waals surface area contributed by atoms with Crippen LogP contribution < -0.4 is 0 Å². The normalized spacial score (nSPS) is 18.5. The first-order chi connectivity index (χ1) is 28.6. The summed E-state index contributed by atoms with van der Waals surface area (Å²) < 4.78 is 10.9. The Morgan fingerprint density at radius 1 is 0.590 bits per heavy atom. The number of aromatic amines is 2. The van der Waals surface area contributed by atoms with Crippen LogP contribution in [0.15, 0.2) is 36.4 Å². The van der Waals surface area contributed by atoms with E-state index in [2.05, 4.69) is 9.97 Å². The number of aromatic nitrogens is 2. The van der Waals surface area contributed by atoms with Crippen LogP contribution in [0.2, 0.25) is 20.1 Å². The number of benzene rings is 2. The molecule has 3 saturated heterocycles. The number of H-pyrrole nitrogens is 2. The van der Waals surface area contributed by atoms with Crippen molar-refractivity contribution in [3.63, 3.8) is 0 Å². The minimum absolute atomic E-state index is 0.0263. The molecule has 1 aliphatic carbocycles. The molecule has 5 heterocycles. The Balaban J connectivity index is 0.000000169. The number of piperidine rings is 2. The summed E-state index contributed by atoms with van der Waals surface area (Å²) >= 11 is 24.0. The number of carbonyl (C=O) groups is 4. The number of carboxylic acid groups (broad SMARTS) is 1. The average molecular weight is 922 g/mol. The van der Waals surface area contributed by atoms with Crippen LogP contribution in [0.3, 0.4) is 0 Å². The fourth-order valence-electron chi connectivity index (χ4n) is 9.02. The van der Waals surface area contributed by atoms with Gasteiger partial charge in [-0.05, 0) is 135 Å². The summed E-state index contributed by atoms with van der Waals surface area (Å²) in [6.45, 7) is 15.0. The molecule has 3 amide bonds. The molecule has 61 heavy (non-hydrogen) atoms. The number of fused-ring (bicyclic) bond motifs is 2. The Bertz CT molecular complexity index is 2250. The van der Waals surface area contributed by atoms with Gasteiger partial charge in [0.25, 0.3) is 5.91 Å². The number of amides is 3. The van der Waals surface area contributed by atoms with Crippen molar-refractivity contribution in [3.8, 4) is 0 Å². The van der Waals surface area contributed by atoms with Gasteiger partial charge >= 0.3 is 18.2 Å². The van der Waals surface area contributed by atoms with E-state index in [0.29, 0.717) is 55.2 Å². The topological polar surface area (TPSA) is 148 Å². The number of likely N-dealkylation sites (tertiary alicyclic amines) is 3. The van der Waals surface area contributed by atoms with E-state index in [4.69, 9.17) is 61.0 Å². The predicted molar refractivity (Wildman–Crippen MR) is 242 cm³/mol. The van der Waals surface area contributed by atoms with Crippen molar-refractivity contribution < 1.29 is 33.8 Å². The van der Waals surface area contributed by atoms with Crippen LogP contribution >= 0.6 is 46.4 Å². The second-order valence-corrected chi connectivity index (χ2v) is 20.5. The van der Waals surface area contributed by atoms with Gasteiger partial charge in [-0.25, -0.2) is 14.4 Å². The number of nitrogens with one attached hydrogen (secondary N) is 2. The molecule has 4 fully saturated rings. The number of hydrogen-bond donors (Lipinski definition) is 3. The summed E-state index contributed by atoms with van der Waals surface area (Å²) in [6, 6.07) is 9.95. The van der Waals surface area contributed by atoms with E-state index in [1.54, 1.807) is 35.2 Å². The van der Waals surface area contributed by atoms with E-state index >= 15 is 0 Å². The highest BCUT2D eigenvalue weighted by atomic mass is 35.5. The lowest BCUT2D eigenvalue weighted by Crippen LogP contribution is -2.55. The number of aromatic carboxylic acids is 1. The molecule has 2 aromatic heterocycles. The zero-order chi connectivity index (χ0) is 44.5. The van der Waals surface area contributed by atoms with Gasteiger partial charge in [0.1, 0.15) is 22.6 Å². The highest BCUT2D eigenvalue weighted by Gasteiger charge is 2.47. The lowest BCUT2D eigenvalue weighted by Gasteiger charge is -2.44. The van der Waals surface area contributed by atoms with Gasteiger partial charge in [-0.15, -0.1) is 0 Å². The molecule has 0 unspecified atom stereocenters. The van der Waals surface area contributed by atoms with Crippen molar-refractivity contribution in [2.24, 2.45) is 5.41 Å². The molecule has 0 radical (unpaired) electrons. The van der Waals surface area contributed by atoms with Gasteiger partial charge in [-0.3, -0.25) is 4.79 Å². The maximum Gasteiger partial charge on any atom is 0.410 e. The molecule has 2 aromatic carbocycles. The van der Waals surface area contributed by atoms with Gasteiger partial charge in [0, 0.05) is 70.1 Å². The molecule has 1 saturated carbocycles. The lowest BCUT2D eigenvalue weighted by atomic mass is 9.77. The highest BCUT2D eigenvalue weighted by Crippen LogP contribution is 2.46. The van der Waals surface area contributed by atoms with Gasteiger partial charge in [0.05, 0.1) is 10.0 Å². The third-order valence-electron chi connectivity index (χ3n) is 12.1. The molecule has 4 aliphatic rings. The zero-order valence-corrected chi connectivity index (χ0v) is 38.8. The maximum atomic E-state index is 13.4. The largest absolute Gasteiger partial charge is 0.477 e. The van der Waals surface area contributed by atoms with Gasteiger partial charge in [0.2, 0.25) is 0 Å². The first-order valence-electron chi connectivity index (χ1n) is 21.0. The third kappa shape index (κ3) is 11.4. The summed E-state index contributed by atoms with van der Waals surface area (Å²) in [5, 5.41) is 12.2. The number of halogens is 4. The number of nitrogens with zero attached hydrogens (tertiary/aromatic N) is 3. The van der Waals surface area contributed by atoms with E-state index in [0.717, 1.165) is 56.2 Å². The number of carboxylic acids is 1. The Morgan fingerprint density at radius 2 is 1.03 bits per heavy atom.